The molecular formula is C86H119F3N24O23S2. The molecule has 5 fully saturated rings. The number of primary amides is 1. The van der Waals surface area contributed by atoms with Gasteiger partial charge >= 0.3 is 12.1 Å². The van der Waals surface area contributed by atoms with Gasteiger partial charge in [0.15, 0.2) is 5.96 Å². The lowest BCUT2D eigenvalue weighted by Crippen LogP contribution is -2.62. The first-order valence-electron chi connectivity index (χ1n) is 44.7. The Morgan fingerprint density at radius 1 is 0.457 bits per heavy atom. The molecule has 5 aliphatic rings. The van der Waals surface area contributed by atoms with Crippen LogP contribution in [0.3, 0.4) is 0 Å². The number of imidazole rings is 1. The second kappa shape index (κ2) is 53.4. The standard InChI is InChI=1S/C84H118N24O21S2.C2HF3O2/c1-44-70(116)102-62-41-130-131-42-63(77(123)98-57(35-46-14-20-50(110)21-15-46)69(115)68(114)53(10-5-31-91-84(88)89)94-73(119)56(28-30-86)97-79(125)64-11-6-32-106(64)81(127)45(2)93-76(122)61(40-109)101-78(62)124)103-74(120)58(36-47-16-22-51(111)23-17-47)99-72(118)55(26-27-67(87)113)95-71(117)54(9-3-4-29-85)96-80(126)65-12-7-33-107(65)83(129)66-13-8-34-108(66)82(128)60(37-48-18-24-52(112)25-19-48)100-75(121)59(105-104-44)38-49-39-90-43-92-49;3-2(4,5)1(6)7/h14-25,39,43-45,53-66,104-105,109-112H,3-13,26-38,40-42,85-86H2,1-2H3,(H2,87,113)(H,90,92)(H,93,122)(H,94,119)(H,95,117)(H,96,126)(H,97,125)(H,98,123)(H,99,118)(H,100,121)(H,101,124)(H,102,116)(H,103,120)(H4,88,89,91);(H,6,7)/t44-,45-,53-,54-,55-,56-,57-,58-,59-,60-,61-,62-,63+,64+,65+,66-;/m0./s1. The number of aliphatic carboxylic acids is 1. The van der Waals surface area contributed by atoms with Crippen LogP contribution in [-0.4, -0.2) is 323 Å². The van der Waals surface area contributed by atoms with Gasteiger partial charge in [0.2, 0.25) is 100 Å². The van der Waals surface area contributed by atoms with Crippen molar-refractivity contribution in [3.8, 4) is 17.2 Å². The number of fused-ring (bicyclic) bond motifs is 8. The highest BCUT2D eigenvalue weighted by molar-refractivity contribution is 8.76. The number of aromatic amines is 1. The van der Waals surface area contributed by atoms with E-state index >= 15 is 47.9 Å². The highest BCUT2D eigenvalue weighted by Crippen LogP contribution is 2.30. The average molecular weight is 1980 g/mol. The van der Waals surface area contributed by atoms with Gasteiger partial charge in [0.05, 0.1) is 31.1 Å². The summed E-state index contributed by atoms with van der Waals surface area (Å²) in [6.45, 7) is 1.20. The number of hydrazine groups is 1. The summed E-state index contributed by atoms with van der Waals surface area (Å²) in [7, 11) is 1.46. The molecule has 15 amide bonds. The molecule has 47 nitrogen and oxygen atoms in total. The number of phenolic OH excluding ortho intramolecular Hbond substituents is 3. The number of hydrogen-bond donors (Lipinski definition) is 25. The van der Waals surface area contributed by atoms with E-state index in [4.69, 9.17) is 38.2 Å². The number of aromatic nitrogens is 2. The van der Waals surface area contributed by atoms with Gasteiger partial charge in [-0.1, -0.05) is 58.0 Å². The molecule has 52 heteroatoms. The zero-order chi connectivity index (χ0) is 101. The van der Waals surface area contributed by atoms with E-state index in [-0.39, 0.29) is 145 Å². The predicted molar refractivity (Wildman–Crippen MR) is 488 cm³/mol. The lowest BCUT2D eigenvalue weighted by molar-refractivity contribution is -0.192. The fraction of sp³-hybridized carbons (Fsp3) is 0.535. The Morgan fingerprint density at radius 2 is 0.870 bits per heavy atom. The molecule has 754 valence electrons. The first kappa shape index (κ1) is 110. The second-order valence-electron chi connectivity index (χ2n) is 33.5. The van der Waals surface area contributed by atoms with Crippen LogP contribution < -0.4 is 97.6 Å². The lowest BCUT2D eigenvalue weighted by Gasteiger charge is -2.34. The summed E-state index contributed by atoms with van der Waals surface area (Å²) in [6, 6.07) is -9.48. The van der Waals surface area contributed by atoms with Gasteiger partial charge in [0.1, 0.15) is 95.8 Å². The van der Waals surface area contributed by atoms with Crippen molar-refractivity contribution in [2.75, 3.05) is 57.4 Å². The zero-order valence-corrected chi connectivity index (χ0v) is 77.2. The van der Waals surface area contributed by atoms with Gasteiger partial charge in [-0.15, -0.1) is 0 Å². The molecule has 1 aromatic heterocycles. The highest BCUT2D eigenvalue weighted by Gasteiger charge is 2.47. The summed E-state index contributed by atoms with van der Waals surface area (Å²) in [6.07, 6.45) is -4.26. The first-order valence-corrected chi connectivity index (χ1v) is 47.1. The number of hydrogen-bond acceptors (Lipinski definition) is 30. The van der Waals surface area contributed by atoms with Gasteiger partial charge in [-0.05, 0) is 163 Å². The normalized spacial score (nSPS) is 25.9. The first-order chi connectivity index (χ1) is 65.6. The number of nitrogens with two attached hydrogens (primary N) is 4. The summed E-state index contributed by atoms with van der Waals surface area (Å²) in [5.74, 6) is -22.4. The number of ketones is 2. The summed E-state index contributed by atoms with van der Waals surface area (Å²) >= 11 is 0. The number of amides is 15. The van der Waals surface area contributed by atoms with Crippen LogP contribution in [0.1, 0.15) is 126 Å². The van der Waals surface area contributed by atoms with Crippen molar-refractivity contribution in [3.63, 3.8) is 0 Å². The van der Waals surface area contributed by atoms with Crippen molar-refractivity contribution in [1.29, 1.82) is 5.41 Å². The minimum atomic E-state index is -5.08. The number of alkyl halides is 3. The Morgan fingerprint density at radius 3 is 1.36 bits per heavy atom. The Balaban J connectivity index is 0.00000321. The molecule has 138 heavy (non-hydrogen) atoms. The maximum absolute atomic E-state index is 15.7. The van der Waals surface area contributed by atoms with Crippen LogP contribution in [0.2, 0.25) is 0 Å². The number of aliphatic hydroxyl groups excluding tert-OH is 1. The molecule has 0 radical (unpaired) electrons. The fourth-order valence-electron chi connectivity index (χ4n) is 15.7. The molecule has 3 aromatic carbocycles. The lowest BCUT2D eigenvalue weighted by atomic mass is 9.94. The minimum Gasteiger partial charge on any atom is -0.508 e. The van der Waals surface area contributed by atoms with Crippen molar-refractivity contribution in [2.45, 2.75) is 232 Å². The van der Waals surface area contributed by atoms with Gasteiger partial charge in [0, 0.05) is 81.7 Å². The van der Waals surface area contributed by atoms with Crippen LogP contribution in [0.4, 0.5) is 13.2 Å². The van der Waals surface area contributed by atoms with Crippen molar-refractivity contribution >= 4 is 134 Å². The van der Waals surface area contributed by atoms with E-state index in [0.717, 1.165) is 26.5 Å². The van der Waals surface area contributed by atoms with Gasteiger partial charge in [-0.3, -0.25) is 86.9 Å². The number of nitrogens with zero attached hydrogens (tertiary/aromatic N) is 4. The Labute approximate surface area is 797 Å². The van der Waals surface area contributed by atoms with Gasteiger partial charge in [-0.25, -0.2) is 20.6 Å². The number of rotatable bonds is 22. The molecule has 0 unspecified atom stereocenters. The number of phenols is 3. The highest BCUT2D eigenvalue weighted by atomic mass is 33.1. The van der Waals surface area contributed by atoms with Crippen LogP contribution in [0.15, 0.2) is 85.3 Å². The van der Waals surface area contributed by atoms with Crippen LogP contribution in [0, 0.1) is 5.41 Å². The Hall–Kier alpha value is -13.3. The molecule has 0 spiro atoms. The van der Waals surface area contributed by atoms with E-state index in [1.54, 1.807) is 0 Å². The molecule has 5 aliphatic heterocycles. The number of carbonyl (C=O) groups is 18. The zero-order valence-electron chi connectivity index (χ0n) is 75.5. The number of H-pyrrole nitrogens is 1. The molecule has 9 rings (SSSR count). The molecule has 29 N–H and O–H groups in total. The number of unbranched alkanes of at least 4 members (excludes halogenated alkanes) is 1. The summed E-state index contributed by atoms with van der Waals surface area (Å²) in [5.41, 5.74) is 30.1. The molecule has 0 saturated carbocycles. The van der Waals surface area contributed by atoms with Crippen LogP contribution in [0.25, 0.3) is 0 Å². The summed E-state index contributed by atoms with van der Waals surface area (Å²) in [5, 5.41) is 88.2. The van der Waals surface area contributed by atoms with E-state index < -0.39 is 259 Å². The number of carbonyl (C=O) groups excluding carboxylic acids is 17. The van der Waals surface area contributed by atoms with E-state index in [0.29, 0.717) is 24.1 Å². The number of guanidine groups is 1. The van der Waals surface area contributed by atoms with Crippen molar-refractivity contribution < 1.29 is 125 Å². The van der Waals surface area contributed by atoms with E-state index in [1.807, 2.05) is 0 Å². The van der Waals surface area contributed by atoms with Crippen molar-refractivity contribution in [2.24, 2.45) is 22.9 Å². The monoisotopic (exact) mass is 1980 g/mol. The molecule has 6 heterocycles. The molecule has 4 aromatic rings. The number of aliphatic hydroxyl groups is 1. The largest absolute Gasteiger partial charge is 0.508 e. The Bertz CT molecular complexity index is 4960. The molecular weight excluding hydrogens is 1860 g/mol. The van der Waals surface area contributed by atoms with Gasteiger partial charge < -0.3 is 132 Å². The Kier molecular flexibility index (Phi) is 42.6. The molecule has 16 atom stereocenters. The number of halogens is 3. The SMILES string of the molecule is C[C@@H]1NN[C@@H](Cc2cnc[nH]2)C(=O)N[C@@H](Cc2ccc(O)cc2)C(=O)N2CCC[C@H]2C(=O)N2CCC[C@@H]2C(=O)N[C@@H](CCCCN)C(=O)N[C@@H](CCC(N)=O)C(=O)N[C@@H](Cc2ccc(O)cc2)C(=O)N[C@@H]2CSSC[C@H](NC1=O)C(=O)N[C@@H](CO)C(=O)N[C@@H](C)C(=O)N1CCC[C@@H]1C(=O)N[C@@H](CCN)C(=O)N[C@@H](CCCNC(=N)N)C(=O)C(=O)[C@H](Cc1ccc(O)cc1)NC2=O.O=C(O)C(F)(F)F. The van der Waals surface area contributed by atoms with Crippen molar-refractivity contribution in [3.05, 3.63) is 108 Å². The van der Waals surface area contributed by atoms with Crippen molar-refractivity contribution in [1.82, 2.24) is 99.3 Å². The fourth-order valence-corrected chi connectivity index (χ4v) is 18.0. The number of benzene rings is 3. The minimum absolute atomic E-state index is 0.0105. The number of Topliss-reactive ketones (excluding diaryl/α,β-unsaturated/α-hetero) is 2. The van der Waals surface area contributed by atoms with E-state index in [9.17, 15) is 67.2 Å². The number of carboxylic acid groups (broad SMARTS) is 1. The molecule has 5 saturated heterocycles. The summed E-state index contributed by atoms with van der Waals surface area (Å²) < 4.78 is 31.7. The van der Waals surface area contributed by atoms with E-state index in [1.165, 1.54) is 109 Å². The number of carboxylic acids is 1. The third-order valence-electron chi connectivity index (χ3n) is 23.1. The van der Waals surface area contributed by atoms with Gasteiger partial charge in [-0.2, -0.15) is 13.2 Å². The average Bonchev–Trinajstić information content (AvgIpc) is 1.63. The predicted octanol–water partition coefficient (Wildman–Crippen LogP) is -5.85. The maximum atomic E-state index is 15.7. The summed E-state index contributed by atoms with van der Waals surface area (Å²) in [4.78, 5) is 273. The third kappa shape index (κ3) is 33.3. The second-order valence-corrected chi connectivity index (χ2v) is 36.1. The van der Waals surface area contributed by atoms with Gasteiger partial charge in [0.25, 0.3) is 0 Å². The maximum Gasteiger partial charge on any atom is 0.490 e. The molecule has 2 bridgehead atoms. The third-order valence-corrected chi connectivity index (χ3v) is 25.5. The number of aromatic hydroxyl groups is 3. The van der Waals surface area contributed by atoms with Crippen LogP contribution >= 0.6 is 21.6 Å². The van der Waals surface area contributed by atoms with Crippen LogP contribution in [0.5, 0.6) is 17.2 Å². The quantitative estimate of drug-likeness (QED) is 0.0115. The smallest absolute Gasteiger partial charge is 0.490 e. The molecule has 0 aliphatic carbocycles. The number of nitrogens with one attached hydrogen (secondary N) is 16. The van der Waals surface area contributed by atoms with Crippen LogP contribution in [-0.2, 0) is 112 Å². The topological polar surface area (TPSA) is 743 Å². The van der Waals surface area contributed by atoms with E-state index in [2.05, 4.69) is 84.6 Å².